The number of nitrogens with one attached hydrogen (secondary N) is 1. The van der Waals surface area contributed by atoms with E-state index >= 15 is 0 Å². The van der Waals surface area contributed by atoms with Gasteiger partial charge in [-0.1, -0.05) is 73.3 Å². The Morgan fingerprint density at radius 2 is 1.70 bits per heavy atom. The van der Waals surface area contributed by atoms with E-state index in [1.807, 2.05) is 42.5 Å². The van der Waals surface area contributed by atoms with E-state index in [4.69, 9.17) is 5.41 Å². The first-order valence-corrected chi connectivity index (χ1v) is 6.62. The first-order chi connectivity index (χ1) is 9.81. The number of benzene rings is 2. The van der Waals surface area contributed by atoms with Crippen LogP contribution in [0.3, 0.4) is 0 Å². The summed E-state index contributed by atoms with van der Waals surface area (Å²) in [5, 5.41) is 7.65. The van der Waals surface area contributed by atoms with Crippen molar-refractivity contribution in [2.75, 3.05) is 0 Å². The van der Waals surface area contributed by atoms with Crippen LogP contribution in [0, 0.1) is 11.3 Å². The molecule has 0 aromatic heterocycles. The lowest BCUT2D eigenvalue weighted by Gasteiger charge is -2.23. The number of rotatable bonds is 2. The maximum absolute atomic E-state index is 7.65. The molecule has 0 heterocycles. The molecule has 1 unspecified atom stereocenters. The highest BCUT2D eigenvalue weighted by molar-refractivity contribution is 5.99. The summed E-state index contributed by atoms with van der Waals surface area (Å²) in [5.41, 5.74) is 5.26. The van der Waals surface area contributed by atoms with Crippen molar-refractivity contribution in [1.29, 1.82) is 5.41 Å². The van der Waals surface area contributed by atoms with Gasteiger partial charge >= 0.3 is 0 Å². The molecule has 0 saturated carbocycles. The maximum Gasteiger partial charge on any atom is 0.0367 e. The van der Waals surface area contributed by atoms with Crippen LogP contribution in [-0.4, -0.2) is 5.87 Å². The molecule has 1 nitrogen and oxygen atoms in total. The van der Waals surface area contributed by atoms with E-state index in [1.54, 1.807) is 0 Å². The van der Waals surface area contributed by atoms with E-state index in [0.29, 0.717) is 0 Å². The molecular weight excluding hydrogens is 242 g/mol. The molecule has 1 atom stereocenters. The summed E-state index contributed by atoms with van der Waals surface area (Å²) in [6, 6.07) is 18.2. The van der Waals surface area contributed by atoms with E-state index < -0.39 is 0 Å². The number of hydrogen-bond acceptors (Lipinski definition) is 1. The van der Waals surface area contributed by atoms with Crippen molar-refractivity contribution in [3.8, 4) is 0 Å². The van der Waals surface area contributed by atoms with Gasteiger partial charge in [0.2, 0.25) is 0 Å². The van der Waals surface area contributed by atoms with Gasteiger partial charge in [-0.3, -0.25) is 5.41 Å². The van der Waals surface area contributed by atoms with Crippen LogP contribution >= 0.6 is 0 Å². The summed E-state index contributed by atoms with van der Waals surface area (Å²) in [7, 11) is 0. The lowest BCUT2D eigenvalue weighted by Crippen LogP contribution is -2.08. The molecule has 0 saturated heterocycles. The van der Waals surface area contributed by atoms with E-state index in [-0.39, 0.29) is 5.92 Å². The quantitative estimate of drug-likeness (QED) is 0.756. The highest BCUT2D eigenvalue weighted by Crippen LogP contribution is 2.38. The molecule has 1 heteroatoms. The normalized spacial score (nSPS) is 16.4. The Labute approximate surface area is 119 Å². The van der Waals surface area contributed by atoms with Gasteiger partial charge in [0, 0.05) is 11.5 Å². The zero-order chi connectivity index (χ0) is 13.9. The molecule has 0 fully saturated rings. The summed E-state index contributed by atoms with van der Waals surface area (Å²) >= 11 is 0. The SMILES string of the molecule is C=C1c2ccccc2C=CC1C(=C=N)c1ccccc1. The van der Waals surface area contributed by atoms with Gasteiger partial charge in [0.15, 0.2) is 0 Å². The molecule has 96 valence electrons. The van der Waals surface area contributed by atoms with Gasteiger partial charge in [0.25, 0.3) is 0 Å². The smallest absolute Gasteiger partial charge is 0.0367 e. The van der Waals surface area contributed by atoms with Crippen LogP contribution in [0.1, 0.15) is 16.7 Å². The number of hydrogen-bond donors (Lipinski definition) is 1. The van der Waals surface area contributed by atoms with E-state index in [0.717, 1.165) is 22.3 Å². The van der Waals surface area contributed by atoms with Gasteiger partial charge in [-0.25, -0.2) is 0 Å². The summed E-state index contributed by atoms with van der Waals surface area (Å²) < 4.78 is 0. The Kier molecular flexibility index (Phi) is 3.20. The minimum atomic E-state index is 0.0183. The van der Waals surface area contributed by atoms with Crippen LogP contribution < -0.4 is 0 Å². The Bertz CT molecular complexity index is 731. The summed E-state index contributed by atoms with van der Waals surface area (Å²) in [5.74, 6) is 2.62. The van der Waals surface area contributed by atoms with Crippen molar-refractivity contribution in [3.05, 3.63) is 83.9 Å². The Morgan fingerprint density at radius 1 is 1.00 bits per heavy atom. The van der Waals surface area contributed by atoms with Crippen molar-refractivity contribution >= 4 is 23.1 Å². The summed E-state index contributed by atoms with van der Waals surface area (Å²) in [4.78, 5) is 0. The zero-order valence-electron chi connectivity index (χ0n) is 11.1. The van der Waals surface area contributed by atoms with Crippen molar-refractivity contribution in [2.45, 2.75) is 0 Å². The van der Waals surface area contributed by atoms with Gasteiger partial charge in [-0.05, 0) is 28.1 Å². The highest BCUT2D eigenvalue weighted by atomic mass is 14.3. The standard InChI is InChI=1S/C19H15N/c1-14-17-10-6-5-9-16(17)11-12-18(14)19(13-20)15-7-3-2-4-8-15/h2-12,18,20H,1H2. The lowest BCUT2D eigenvalue weighted by molar-refractivity contribution is 1.12. The van der Waals surface area contributed by atoms with E-state index in [1.165, 1.54) is 5.56 Å². The molecule has 2 aromatic rings. The molecule has 0 radical (unpaired) electrons. The van der Waals surface area contributed by atoms with Crippen LogP contribution in [-0.2, 0) is 0 Å². The van der Waals surface area contributed by atoms with Gasteiger partial charge in [-0.2, -0.15) is 0 Å². The van der Waals surface area contributed by atoms with Crippen molar-refractivity contribution in [3.63, 3.8) is 0 Å². The lowest BCUT2D eigenvalue weighted by atomic mass is 9.79. The second kappa shape index (κ2) is 5.16. The fourth-order valence-electron chi connectivity index (χ4n) is 2.64. The third-order valence-electron chi connectivity index (χ3n) is 3.68. The summed E-state index contributed by atoms with van der Waals surface area (Å²) in [6.07, 6.45) is 4.21. The molecule has 1 aliphatic carbocycles. The van der Waals surface area contributed by atoms with Crippen LogP contribution in [0.15, 0.2) is 67.3 Å². The molecule has 1 N–H and O–H groups in total. The average molecular weight is 257 g/mol. The van der Waals surface area contributed by atoms with Gasteiger partial charge in [-0.15, -0.1) is 0 Å². The third kappa shape index (κ3) is 2.05. The minimum absolute atomic E-state index is 0.0183. The number of allylic oxidation sites excluding steroid dienone is 3. The Morgan fingerprint density at radius 3 is 2.45 bits per heavy atom. The maximum atomic E-state index is 7.65. The van der Waals surface area contributed by atoms with Crippen molar-refractivity contribution in [2.24, 2.45) is 5.92 Å². The first kappa shape index (κ1) is 12.4. The predicted molar refractivity (Wildman–Crippen MR) is 85.6 cm³/mol. The Hall–Kier alpha value is -2.63. The van der Waals surface area contributed by atoms with E-state index in [2.05, 4.69) is 36.7 Å². The topological polar surface area (TPSA) is 23.9 Å². The fourth-order valence-corrected chi connectivity index (χ4v) is 2.64. The van der Waals surface area contributed by atoms with Crippen LogP contribution in [0.5, 0.6) is 0 Å². The predicted octanol–water partition coefficient (Wildman–Crippen LogP) is 4.67. The second-order valence-electron chi connectivity index (χ2n) is 4.85. The molecule has 0 spiro atoms. The van der Waals surface area contributed by atoms with Crippen LogP contribution in [0.25, 0.3) is 17.2 Å². The average Bonchev–Trinajstić information content (AvgIpc) is 2.51. The third-order valence-corrected chi connectivity index (χ3v) is 3.68. The molecular formula is C19H15N. The fraction of sp³-hybridized carbons (Fsp3) is 0.0526. The second-order valence-corrected chi connectivity index (χ2v) is 4.85. The van der Waals surface area contributed by atoms with Gasteiger partial charge in [0.05, 0.1) is 0 Å². The van der Waals surface area contributed by atoms with Crippen molar-refractivity contribution < 1.29 is 0 Å². The van der Waals surface area contributed by atoms with Crippen LogP contribution in [0.2, 0.25) is 0 Å². The number of fused-ring (bicyclic) bond motifs is 1. The van der Waals surface area contributed by atoms with Crippen LogP contribution in [0.4, 0.5) is 0 Å². The molecule has 2 aromatic carbocycles. The van der Waals surface area contributed by atoms with Gasteiger partial charge in [0.1, 0.15) is 0 Å². The minimum Gasteiger partial charge on any atom is -0.258 e. The molecule has 3 rings (SSSR count). The van der Waals surface area contributed by atoms with Crippen molar-refractivity contribution in [1.82, 2.24) is 0 Å². The molecule has 0 bridgehead atoms. The molecule has 0 aliphatic heterocycles. The molecule has 1 aliphatic rings. The molecule has 0 amide bonds. The first-order valence-electron chi connectivity index (χ1n) is 6.62. The van der Waals surface area contributed by atoms with Gasteiger partial charge < -0.3 is 0 Å². The Balaban J connectivity index is 2.05. The zero-order valence-corrected chi connectivity index (χ0v) is 11.1. The largest absolute Gasteiger partial charge is 0.258 e. The molecule has 20 heavy (non-hydrogen) atoms. The monoisotopic (exact) mass is 257 g/mol. The highest BCUT2D eigenvalue weighted by Gasteiger charge is 2.22. The van der Waals surface area contributed by atoms with E-state index in [9.17, 15) is 0 Å². The summed E-state index contributed by atoms with van der Waals surface area (Å²) in [6.45, 7) is 4.24.